The Hall–Kier alpha value is -3.27. The summed E-state index contributed by atoms with van der Waals surface area (Å²) < 4.78 is 48.6. The van der Waals surface area contributed by atoms with Gasteiger partial charge >= 0.3 is 12.1 Å². The summed E-state index contributed by atoms with van der Waals surface area (Å²) in [4.78, 5) is 35.6. The third kappa shape index (κ3) is 7.49. The van der Waals surface area contributed by atoms with Gasteiger partial charge in [0.05, 0.1) is 30.5 Å². The molecule has 2 amide bonds. The lowest BCUT2D eigenvalue weighted by atomic mass is 10.1. The van der Waals surface area contributed by atoms with Gasteiger partial charge in [-0.05, 0) is 30.3 Å². The molecule has 0 aromatic heterocycles. The number of rotatable bonds is 8. The van der Waals surface area contributed by atoms with Crippen LogP contribution in [0.1, 0.15) is 18.4 Å². The molecule has 0 radical (unpaired) electrons. The minimum absolute atomic E-state index is 0.257. The quantitative estimate of drug-likeness (QED) is 0.576. The summed E-state index contributed by atoms with van der Waals surface area (Å²) in [6.07, 6.45) is -5.26. The van der Waals surface area contributed by atoms with E-state index in [0.29, 0.717) is 16.5 Å². The van der Waals surface area contributed by atoms with Crippen LogP contribution in [-0.2, 0) is 25.3 Å². The second-order valence-electron chi connectivity index (χ2n) is 6.14. The van der Waals surface area contributed by atoms with Gasteiger partial charge in [0.2, 0.25) is 5.91 Å². The summed E-state index contributed by atoms with van der Waals surface area (Å²) in [5, 5.41) is 4.95. The first-order chi connectivity index (χ1) is 14.6. The number of hydrogen-bond acceptors (Lipinski definition) is 5. The molecule has 31 heavy (non-hydrogen) atoms. The Morgan fingerprint density at radius 2 is 1.65 bits per heavy atom. The van der Waals surface area contributed by atoms with E-state index in [-0.39, 0.29) is 12.8 Å². The van der Waals surface area contributed by atoms with Crippen molar-refractivity contribution in [2.45, 2.75) is 19.0 Å². The average molecular weight is 459 g/mol. The van der Waals surface area contributed by atoms with Crippen molar-refractivity contribution in [1.82, 2.24) is 0 Å². The Balaban J connectivity index is 1.80. The summed E-state index contributed by atoms with van der Waals surface area (Å²) in [6, 6.07) is 9.01. The van der Waals surface area contributed by atoms with Crippen LogP contribution in [0, 0.1) is 0 Å². The summed E-state index contributed by atoms with van der Waals surface area (Å²) in [5.74, 6) is -1.97. The molecule has 11 heteroatoms. The topological polar surface area (TPSA) is 93.7 Å². The van der Waals surface area contributed by atoms with Gasteiger partial charge in [-0.15, -0.1) is 0 Å². The molecule has 2 aromatic carbocycles. The molecule has 0 atom stereocenters. The fourth-order valence-corrected chi connectivity index (χ4v) is 2.62. The number of para-hydroxylation sites is 1. The van der Waals surface area contributed by atoms with E-state index in [1.807, 2.05) is 5.32 Å². The summed E-state index contributed by atoms with van der Waals surface area (Å²) in [6.45, 7) is -0.797. The molecule has 0 aliphatic carbocycles. The Labute approximate surface area is 180 Å². The zero-order valence-corrected chi connectivity index (χ0v) is 17.0. The van der Waals surface area contributed by atoms with E-state index >= 15 is 0 Å². The van der Waals surface area contributed by atoms with Crippen molar-refractivity contribution in [3.8, 4) is 5.75 Å². The first kappa shape index (κ1) is 24.0. The molecule has 0 aliphatic heterocycles. The minimum atomic E-state index is -4.65. The number of amides is 2. The minimum Gasteiger partial charge on any atom is -0.495 e. The maximum absolute atomic E-state index is 12.9. The van der Waals surface area contributed by atoms with Gasteiger partial charge in [0, 0.05) is 11.4 Å². The van der Waals surface area contributed by atoms with Crippen LogP contribution in [0.25, 0.3) is 0 Å². The van der Waals surface area contributed by atoms with Crippen molar-refractivity contribution >= 4 is 40.8 Å². The van der Waals surface area contributed by atoms with Gasteiger partial charge in [-0.25, -0.2) is 0 Å². The first-order valence-electron chi connectivity index (χ1n) is 8.85. The summed E-state index contributed by atoms with van der Waals surface area (Å²) >= 11 is 5.87. The van der Waals surface area contributed by atoms with Crippen LogP contribution in [0.4, 0.5) is 24.5 Å². The van der Waals surface area contributed by atoms with Crippen LogP contribution < -0.4 is 15.4 Å². The Morgan fingerprint density at radius 1 is 0.968 bits per heavy atom. The predicted octanol–water partition coefficient (Wildman–Crippen LogP) is 4.27. The molecule has 0 aliphatic rings. The molecule has 0 unspecified atom stereocenters. The first-order valence-corrected chi connectivity index (χ1v) is 9.23. The molecule has 0 saturated heterocycles. The fourth-order valence-electron chi connectivity index (χ4n) is 2.45. The van der Waals surface area contributed by atoms with Crippen molar-refractivity contribution in [2.75, 3.05) is 24.4 Å². The number of carbonyl (C=O) groups is 3. The van der Waals surface area contributed by atoms with Gasteiger partial charge in [-0.3, -0.25) is 14.4 Å². The highest BCUT2D eigenvalue weighted by Crippen LogP contribution is 2.34. The molecule has 0 fully saturated rings. The van der Waals surface area contributed by atoms with Crippen LogP contribution in [0.5, 0.6) is 5.75 Å². The largest absolute Gasteiger partial charge is 0.495 e. The molecule has 166 valence electrons. The fraction of sp³-hybridized carbons (Fsp3) is 0.250. The van der Waals surface area contributed by atoms with Crippen LogP contribution in [-0.4, -0.2) is 31.5 Å². The molecule has 2 rings (SSSR count). The number of halogens is 4. The maximum Gasteiger partial charge on any atom is 0.418 e. The van der Waals surface area contributed by atoms with E-state index in [1.54, 1.807) is 12.1 Å². The molecule has 0 heterocycles. The van der Waals surface area contributed by atoms with Gasteiger partial charge in [0.25, 0.3) is 5.91 Å². The van der Waals surface area contributed by atoms with E-state index in [0.717, 1.165) is 12.1 Å². The number of hydrogen-bond donors (Lipinski definition) is 2. The molecule has 0 bridgehead atoms. The Morgan fingerprint density at radius 3 is 2.32 bits per heavy atom. The van der Waals surface area contributed by atoms with Crippen molar-refractivity contribution in [3.05, 3.63) is 53.1 Å². The van der Waals surface area contributed by atoms with Gasteiger partial charge in [-0.1, -0.05) is 23.7 Å². The molecule has 7 nitrogen and oxygen atoms in total. The van der Waals surface area contributed by atoms with E-state index in [2.05, 4.69) is 5.32 Å². The SMILES string of the molecule is COc1ccc(Cl)cc1NC(=O)CCC(=O)OCC(=O)Nc1ccccc1C(F)(F)F. The van der Waals surface area contributed by atoms with Gasteiger partial charge in [-0.2, -0.15) is 13.2 Å². The van der Waals surface area contributed by atoms with Gasteiger partial charge < -0.3 is 20.1 Å². The molecule has 0 saturated carbocycles. The molecule has 2 aromatic rings. The Kier molecular flexibility index (Phi) is 8.26. The highest BCUT2D eigenvalue weighted by Gasteiger charge is 2.33. The predicted molar refractivity (Wildman–Crippen MR) is 107 cm³/mol. The smallest absolute Gasteiger partial charge is 0.418 e. The summed E-state index contributed by atoms with van der Waals surface area (Å²) in [5.41, 5.74) is -1.16. The van der Waals surface area contributed by atoms with Crippen molar-refractivity contribution in [3.63, 3.8) is 0 Å². The Bertz CT molecular complexity index is 966. The number of anilines is 2. The molecular formula is C20H18ClF3N2O5. The van der Waals surface area contributed by atoms with Crippen LogP contribution >= 0.6 is 11.6 Å². The standard InChI is InChI=1S/C20H18ClF3N2O5/c1-30-16-7-6-12(21)10-15(16)26-17(27)8-9-19(29)31-11-18(28)25-14-5-3-2-4-13(14)20(22,23)24/h2-7,10H,8-9,11H2,1H3,(H,25,28)(H,26,27). The molecule has 0 spiro atoms. The number of methoxy groups -OCH3 is 1. The molecular weight excluding hydrogens is 441 g/mol. The van der Waals surface area contributed by atoms with E-state index in [1.165, 1.54) is 25.3 Å². The number of benzene rings is 2. The van der Waals surface area contributed by atoms with Crippen LogP contribution in [0.2, 0.25) is 5.02 Å². The highest BCUT2D eigenvalue weighted by molar-refractivity contribution is 6.31. The zero-order chi connectivity index (χ0) is 23.0. The lowest BCUT2D eigenvalue weighted by Gasteiger charge is -2.13. The van der Waals surface area contributed by atoms with Crippen LogP contribution in [0.3, 0.4) is 0 Å². The zero-order valence-electron chi connectivity index (χ0n) is 16.2. The van der Waals surface area contributed by atoms with Gasteiger partial charge in [0.1, 0.15) is 5.75 Å². The second-order valence-corrected chi connectivity index (χ2v) is 6.58. The normalized spacial score (nSPS) is 10.9. The molecule has 2 N–H and O–H groups in total. The monoisotopic (exact) mass is 458 g/mol. The summed E-state index contributed by atoms with van der Waals surface area (Å²) in [7, 11) is 1.41. The third-order valence-corrected chi connectivity index (χ3v) is 4.10. The third-order valence-electron chi connectivity index (χ3n) is 3.86. The van der Waals surface area contributed by atoms with E-state index in [9.17, 15) is 27.6 Å². The lowest BCUT2D eigenvalue weighted by molar-refractivity contribution is -0.148. The van der Waals surface area contributed by atoms with E-state index in [4.69, 9.17) is 21.1 Å². The number of carbonyl (C=O) groups excluding carboxylic acids is 3. The number of nitrogens with one attached hydrogen (secondary N) is 2. The maximum atomic E-state index is 12.9. The lowest BCUT2D eigenvalue weighted by Crippen LogP contribution is -2.23. The van der Waals surface area contributed by atoms with E-state index < -0.39 is 41.8 Å². The number of ether oxygens (including phenoxy) is 2. The highest BCUT2D eigenvalue weighted by atomic mass is 35.5. The average Bonchev–Trinajstić information content (AvgIpc) is 2.70. The van der Waals surface area contributed by atoms with Gasteiger partial charge in [0.15, 0.2) is 6.61 Å². The van der Waals surface area contributed by atoms with Crippen LogP contribution in [0.15, 0.2) is 42.5 Å². The number of alkyl halides is 3. The van der Waals surface area contributed by atoms with Crippen molar-refractivity contribution in [1.29, 1.82) is 0 Å². The van der Waals surface area contributed by atoms with Crippen molar-refractivity contribution in [2.24, 2.45) is 0 Å². The van der Waals surface area contributed by atoms with Crippen molar-refractivity contribution < 1.29 is 37.0 Å². The second kappa shape index (κ2) is 10.7. The number of esters is 1.